The van der Waals surface area contributed by atoms with Crippen LogP contribution in [-0.2, 0) is 6.42 Å². The van der Waals surface area contributed by atoms with Gasteiger partial charge in [0.2, 0.25) is 0 Å². The molecule has 44 heavy (non-hydrogen) atoms. The number of nitrogens with two attached hydrogens (primary N) is 1. The van der Waals surface area contributed by atoms with Crippen LogP contribution < -0.4 is 16.7 Å². The molecule has 11 heteroatoms. The maximum Gasteiger partial charge on any atom is 0.354 e. The monoisotopic (exact) mass is 617 g/mol. The standard InChI is InChI=1S/C33H37ClFN7O2/c1-19(36)4-2-5-20-14-25(31(35)26(34)15-20)29-16-22-18-42(33(44)40-32(22)39-29)24-10-8-21(9-11-24)27-7-3-6-23(38-27)17-30(43)28-12-13-37-41-28/h8-16,18-19,23,27,30,38,43H,2-7,17,36H2,1H3,(H,37,41)(H,39,40,44)/t19-,23-,27-,30+/m0/s1. The summed E-state index contributed by atoms with van der Waals surface area (Å²) in [7, 11) is 0. The minimum Gasteiger partial charge on any atom is -0.387 e. The molecule has 5 aromatic rings. The van der Waals surface area contributed by atoms with Gasteiger partial charge in [-0.3, -0.25) is 9.67 Å². The van der Waals surface area contributed by atoms with Gasteiger partial charge in [0.15, 0.2) is 5.82 Å². The van der Waals surface area contributed by atoms with E-state index in [0.717, 1.165) is 55.3 Å². The zero-order chi connectivity index (χ0) is 30.8. The van der Waals surface area contributed by atoms with Crippen molar-refractivity contribution in [1.82, 2.24) is 30.0 Å². The van der Waals surface area contributed by atoms with E-state index in [1.807, 2.05) is 31.2 Å². The molecule has 0 unspecified atom stereocenters. The van der Waals surface area contributed by atoms with E-state index in [1.165, 1.54) is 4.57 Å². The molecule has 230 valence electrons. The van der Waals surface area contributed by atoms with Gasteiger partial charge in [-0.2, -0.15) is 10.1 Å². The number of nitrogens with zero attached hydrogens (tertiary/aromatic N) is 3. The summed E-state index contributed by atoms with van der Waals surface area (Å²) in [4.78, 5) is 20.4. The SMILES string of the molecule is C[C@H](N)CCCc1cc(Cl)c(F)c(-c2cc3cn(-c4ccc([C@@H]5CCC[C@@H](C[C@@H](O)c6ccn[nH]6)N5)cc4)c(=O)nc3[nH]2)c1. The van der Waals surface area contributed by atoms with Crippen LogP contribution in [0.2, 0.25) is 5.02 Å². The molecule has 0 radical (unpaired) electrons. The summed E-state index contributed by atoms with van der Waals surface area (Å²) in [5, 5.41) is 21.7. The van der Waals surface area contributed by atoms with Gasteiger partial charge >= 0.3 is 5.69 Å². The summed E-state index contributed by atoms with van der Waals surface area (Å²) in [5.41, 5.74) is 10.1. The molecule has 3 aromatic heterocycles. The first-order valence-corrected chi connectivity index (χ1v) is 15.5. The third-order valence-electron chi connectivity index (χ3n) is 8.46. The zero-order valence-electron chi connectivity index (χ0n) is 24.6. The molecule has 6 rings (SSSR count). The highest BCUT2D eigenvalue weighted by molar-refractivity contribution is 6.31. The van der Waals surface area contributed by atoms with Crippen molar-refractivity contribution in [3.8, 4) is 16.9 Å². The van der Waals surface area contributed by atoms with Crippen LogP contribution in [0.15, 0.2) is 65.7 Å². The van der Waals surface area contributed by atoms with Crippen LogP contribution in [0.1, 0.15) is 74.4 Å². The average Bonchev–Trinajstić information content (AvgIpc) is 3.69. The summed E-state index contributed by atoms with van der Waals surface area (Å²) in [6, 6.07) is 15.3. The molecular formula is C33H37ClFN7O2. The van der Waals surface area contributed by atoms with Crippen molar-refractivity contribution in [3.63, 3.8) is 0 Å². The van der Waals surface area contributed by atoms with Crippen LogP contribution in [0.25, 0.3) is 28.0 Å². The minimum atomic E-state index is -0.595. The third-order valence-corrected chi connectivity index (χ3v) is 8.73. The number of aromatic amines is 2. The Bertz CT molecular complexity index is 1780. The van der Waals surface area contributed by atoms with E-state index in [0.29, 0.717) is 34.4 Å². The van der Waals surface area contributed by atoms with E-state index < -0.39 is 17.6 Å². The zero-order valence-corrected chi connectivity index (χ0v) is 25.3. The predicted octanol–water partition coefficient (Wildman–Crippen LogP) is 5.87. The number of aliphatic hydroxyl groups is 1. The van der Waals surface area contributed by atoms with Gasteiger partial charge < -0.3 is 21.1 Å². The first-order chi connectivity index (χ1) is 21.2. The normalized spacial score (nSPS) is 18.5. The lowest BCUT2D eigenvalue weighted by atomic mass is 9.90. The first kappa shape index (κ1) is 30.2. The second-order valence-electron chi connectivity index (χ2n) is 11.9. The van der Waals surface area contributed by atoms with Crippen molar-refractivity contribution in [3.05, 3.63) is 99.1 Å². The van der Waals surface area contributed by atoms with E-state index in [9.17, 15) is 9.90 Å². The highest BCUT2D eigenvalue weighted by Crippen LogP contribution is 2.32. The van der Waals surface area contributed by atoms with Crippen LogP contribution in [0, 0.1) is 5.82 Å². The van der Waals surface area contributed by atoms with Gasteiger partial charge in [-0.1, -0.05) is 30.2 Å². The molecule has 0 spiro atoms. The fourth-order valence-corrected chi connectivity index (χ4v) is 6.36. The minimum absolute atomic E-state index is 0.0531. The average molecular weight is 618 g/mol. The number of fused-ring (bicyclic) bond motifs is 1. The number of aliphatic hydroxyl groups excluding tert-OH is 1. The molecule has 1 aliphatic heterocycles. The second kappa shape index (κ2) is 13.0. The van der Waals surface area contributed by atoms with Crippen molar-refractivity contribution < 1.29 is 9.50 Å². The number of piperidine rings is 1. The lowest BCUT2D eigenvalue weighted by Gasteiger charge is -2.32. The number of aromatic nitrogens is 5. The lowest BCUT2D eigenvalue weighted by molar-refractivity contribution is 0.134. The summed E-state index contributed by atoms with van der Waals surface area (Å²) in [6.07, 6.45) is 8.88. The Kier molecular flexibility index (Phi) is 8.95. The topological polar surface area (TPSA) is 138 Å². The van der Waals surface area contributed by atoms with Crippen LogP contribution >= 0.6 is 11.6 Å². The summed E-state index contributed by atoms with van der Waals surface area (Å²) in [6.45, 7) is 1.97. The van der Waals surface area contributed by atoms with E-state index in [2.05, 4.69) is 25.5 Å². The molecule has 0 aliphatic carbocycles. The molecule has 4 heterocycles. The van der Waals surface area contributed by atoms with Crippen LogP contribution in [0.5, 0.6) is 0 Å². The third kappa shape index (κ3) is 6.63. The Morgan fingerprint density at radius 3 is 2.75 bits per heavy atom. The van der Waals surface area contributed by atoms with Crippen molar-refractivity contribution in [2.24, 2.45) is 5.73 Å². The first-order valence-electron chi connectivity index (χ1n) is 15.1. The molecule has 1 aliphatic rings. The number of hydrogen-bond acceptors (Lipinski definition) is 6. The van der Waals surface area contributed by atoms with Gasteiger partial charge in [-0.25, -0.2) is 9.18 Å². The Morgan fingerprint density at radius 1 is 1.18 bits per heavy atom. The maximum absolute atomic E-state index is 15.1. The highest BCUT2D eigenvalue weighted by atomic mass is 35.5. The number of aryl methyl sites for hydroxylation is 1. The molecule has 0 bridgehead atoms. The van der Waals surface area contributed by atoms with Gasteiger partial charge in [0.1, 0.15) is 5.65 Å². The molecule has 4 atom stereocenters. The predicted molar refractivity (Wildman–Crippen MR) is 170 cm³/mol. The Labute approximate surface area is 259 Å². The smallest absolute Gasteiger partial charge is 0.354 e. The highest BCUT2D eigenvalue weighted by Gasteiger charge is 2.25. The fraction of sp³-hybridized carbons (Fsp3) is 0.364. The van der Waals surface area contributed by atoms with Crippen LogP contribution in [-0.4, -0.2) is 41.9 Å². The molecular weight excluding hydrogens is 581 g/mol. The molecule has 0 saturated carbocycles. The number of nitrogens with one attached hydrogen (secondary N) is 3. The Balaban J connectivity index is 1.20. The van der Waals surface area contributed by atoms with E-state index in [4.69, 9.17) is 17.3 Å². The van der Waals surface area contributed by atoms with E-state index in [1.54, 1.807) is 36.7 Å². The number of hydrogen-bond donors (Lipinski definition) is 5. The van der Waals surface area contributed by atoms with E-state index in [-0.39, 0.29) is 23.1 Å². The van der Waals surface area contributed by atoms with Gasteiger partial charge in [0.25, 0.3) is 0 Å². The van der Waals surface area contributed by atoms with Crippen LogP contribution in [0.3, 0.4) is 0 Å². The van der Waals surface area contributed by atoms with Gasteiger partial charge in [0, 0.05) is 41.5 Å². The van der Waals surface area contributed by atoms with Gasteiger partial charge in [-0.15, -0.1) is 0 Å². The Morgan fingerprint density at radius 2 is 2.00 bits per heavy atom. The van der Waals surface area contributed by atoms with Crippen molar-refractivity contribution in [2.45, 2.75) is 76.1 Å². The Hall–Kier alpha value is -3.83. The molecule has 2 aromatic carbocycles. The number of H-pyrrole nitrogens is 2. The molecule has 0 amide bonds. The summed E-state index contributed by atoms with van der Waals surface area (Å²) >= 11 is 6.26. The molecule has 9 nitrogen and oxygen atoms in total. The molecule has 1 fully saturated rings. The van der Waals surface area contributed by atoms with Crippen molar-refractivity contribution in [1.29, 1.82) is 0 Å². The largest absolute Gasteiger partial charge is 0.387 e. The summed E-state index contributed by atoms with van der Waals surface area (Å²) < 4.78 is 16.6. The van der Waals surface area contributed by atoms with Crippen LogP contribution in [0.4, 0.5) is 4.39 Å². The maximum atomic E-state index is 15.1. The quantitative estimate of drug-likeness (QED) is 0.133. The number of benzene rings is 2. The van der Waals surface area contributed by atoms with Crippen molar-refractivity contribution >= 4 is 22.6 Å². The number of halogens is 2. The molecule has 1 saturated heterocycles. The molecule has 6 N–H and O–H groups in total. The van der Waals surface area contributed by atoms with E-state index >= 15 is 4.39 Å². The summed E-state index contributed by atoms with van der Waals surface area (Å²) in [5.74, 6) is -0.519. The lowest BCUT2D eigenvalue weighted by Crippen LogP contribution is -2.38. The van der Waals surface area contributed by atoms with Crippen molar-refractivity contribution in [2.75, 3.05) is 0 Å². The van der Waals surface area contributed by atoms with Gasteiger partial charge in [-0.05, 0) is 93.0 Å². The van der Waals surface area contributed by atoms with Gasteiger partial charge in [0.05, 0.1) is 28.2 Å². The fourth-order valence-electron chi connectivity index (χ4n) is 6.12. The number of rotatable bonds is 10. The second-order valence-corrected chi connectivity index (χ2v) is 12.3.